The van der Waals surface area contributed by atoms with Gasteiger partial charge in [-0.05, 0) is 40.3 Å². The van der Waals surface area contributed by atoms with Crippen molar-refractivity contribution in [3.8, 4) is 0 Å². The zero-order valence-corrected chi connectivity index (χ0v) is 13.7. The summed E-state index contributed by atoms with van der Waals surface area (Å²) >= 11 is 2.21. The molecule has 1 heterocycles. The van der Waals surface area contributed by atoms with Crippen molar-refractivity contribution >= 4 is 28.5 Å². The predicted molar refractivity (Wildman–Crippen MR) is 90.2 cm³/mol. The number of benzene rings is 2. The minimum Gasteiger partial charge on any atom is -0.370 e. The van der Waals surface area contributed by atoms with Gasteiger partial charge in [0.15, 0.2) is 0 Å². The minimum atomic E-state index is -0.0368. The molecule has 0 radical (unpaired) electrons. The van der Waals surface area contributed by atoms with Gasteiger partial charge in [0.25, 0.3) is 5.91 Å². The van der Waals surface area contributed by atoms with Gasteiger partial charge in [0.05, 0.1) is 18.7 Å². The van der Waals surface area contributed by atoms with Crippen molar-refractivity contribution in [3.63, 3.8) is 0 Å². The number of carbonyl (C=O) groups is 1. The van der Waals surface area contributed by atoms with Crippen molar-refractivity contribution in [1.29, 1.82) is 0 Å². The van der Waals surface area contributed by atoms with Crippen LogP contribution in [0.15, 0.2) is 54.6 Å². The maximum atomic E-state index is 12.7. The van der Waals surface area contributed by atoms with Crippen LogP contribution >= 0.6 is 22.6 Å². The third-order valence-corrected chi connectivity index (χ3v) is 4.57. The fourth-order valence-electron chi connectivity index (χ4n) is 2.51. The Labute approximate surface area is 138 Å². The molecule has 1 saturated heterocycles. The molecule has 2 aromatic rings. The van der Waals surface area contributed by atoms with E-state index in [-0.39, 0.29) is 12.0 Å². The molecule has 1 amide bonds. The molecule has 0 saturated carbocycles. The Kier molecular flexibility index (Phi) is 4.55. The molecule has 0 spiro atoms. The van der Waals surface area contributed by atoms with E-state index in [0.29, 0.717) is 19.7 Å². The van der Waals surface area contributed by atoms with E-state index in [1.54, 1.807) is 0 Å². The lowest BCUT2D eigenvalue weighted by atomic mass is 10.1. The average Bonchev–Trinajstić information content (AvgIpc) is 2.56. The minimum absolute atomic E-state index is 0.0368. The number of nitrogens with zero attached hydrogens (tertiary/aromatic N) is 1. The molecule has 1 unspecified atom stereocenters. The summed E-state index contributed by atoms with van der Waals surface area (Å²) in [6.45, 7) is 1.83. The molecule has 108 valence electrons. The van der Waals surface area contributed by atoms with Crippen molar-refractivity contribution in [2.75, 3.05) is 19.7 Å². The molecular formula is C17H16INO2. The number of amides is 1. The number of morpholine rings is 1. The van der Waals surface area contributed by atoms with Gasteiger partial charge in [0, 0.05) is 10.1 Å². The topological polar surface area (TPSA) is 29.5 Å². The molecule has 1 atom stereocenters. The Morgan fingerprint density at radius 3 is 2.57 bits per heavy atom. The van der Waals surface area contributed by atoms with Crippen LogP contribution in [0.1, 0.15) is 22.0 Å². The number of carbonyl (C=O) groups excluding carboxylic acids is 1. The largest absolute Gasteiger partial charge is 0.370 e. The Hall–Kier alpha value is -1.40. The second kappa shape index (κ2) is 6.58. The molecule has 3 rings (SSSR count). The van der Waals surface area contributed by atoms with Gasteiger partial charge in [-0.1, -0.05) is 42.5 Å². The average molecular weight is 393 g/mol. The van der Waals surface area contributed by atoms with E-state index in [1.165, 1.54) is 0 Å². The number of hydrogen-bond donors (Lipinski definition) is 0. The lowest BCUT2D eigenvalue weighted by molar-refractivity contribution is -0.0228. The van der Waals surface area contributed by atoms with E-state index in [4.69, 9.17) is 4.74 Å². The molecule has 1 fully saturated rings. The first-order chi connectivity index (χ1) is 10.3. The van der Waals surface area contributed by atoms with E-state index >= 15 is 0 Å². The molecule has 1 aliphatic heterocycles. The van der Waals surface area contributed by atoms with Crippen LogP contribution in [0, 0.1) is 3.57 Å². The summed E-state index contributed by atoms with van der Waals surface area (Å²) in [5.74, 6) is 0.0873. The zero-order valence-electron chi connectivity index (χ0n) is 11.5. The van der Waals surface area contributed by atoms with Crippen molar-refractivity contribution in [1.82, 2.24) is 4.90 Å². The molecule has 1 aliphatic rings. The fraction of sp³-hybridized carbons (Fsp3) is 0.235. The second-order valence-electron chi connectivity index (χ2n) is 5.00. The van der Waals surface area contributed by atoms with Crippen LogP contribution in [0.25, 0.3) is 0 Å². The van der Waals surface area contributed by atoms with Crippen LogP contribution in [0.4, 0.5) is 0 Å². The first-order valence-corrected chi connectivity index (χ1v) is 8.04. The molecule has 4 heteroatoms. The van der Waals surface area contributed by atoms with Gasteiger partial charge < -0.3 is 9.64 Å². The highest BCUT2D eigenvalue weighted by atomic mass is 127. The maximum absolute atomic E-state index is 12.7. The Balaban J connectivity index is 1.77. The summed E-state index contributed by atoms with van der Waals surface area (Å²) in [7, 11) is 0. The molecule has 0 bridgehead atoms. The summed E-state index contributed by atoms with van der Waals surface area (Å²) < 4.78 is 6.80. The van der Waals surface area contributed by atoms with Crippen LogP contribution in [0.3, 0.4) is 0 Å². The standard InChI is InChI=1S/C17H16INO2/c18-15-9-5-4-8-14(15)17(20)19-10-11-21-16(12-19)13-6-2-1-3-7-13/h1-9,16H,10-12H2. The molecule has 0 aromatic heterocycles. The summed E-state index contributed by atoms with van der Waals surface area (Å²) in [4.78, 5) is 14.6. The molecule has 0 aliphatic carbocycles. The molecule has 21 heavy (non-hydrogen) atoms. The van der Waals surface area contributed by atoms with E-state index in [0.717, 1.165) is 14.7 Å². The summed E-state index contributed by atoms with van der Waals surface area (Å²) in [6, 6.07) is 17.8. The fourth-order valence-corrected chi connectivity index (χ4v) is 3.13. The molecule has 0 N–H and O–H groups in total. The highest BCUT2D eigenvalue weighted by Gasteiger charge is 2.26. The van der Waals surface area contributed by atoms with Gasteiger partial charge in [0.1, 0.15) is 6.10 Å². The van der Waals surface area contributed by atoms with Crippen LogP contribution in [0.2, 0.25) is 0 Å². The molecular weight excluding hydrogens is 377 g/mol. The molecule has 3 nitrogen and oxygen atoms in total. The number of halogens is 1. The van der Waals surface area contributed by atoms with Gasteiger partial charge in [-0.25, -0.2) is 0 Å². The highest BCUT2D eigenvalue weighted by molar-refractivity contribution is 14.1. The van der Waals surface area contributed by atoms with Crippen LogP contribution in [-0.4, -0.2) is 30.5 Å². The quantitative estimate of drug-likeness (QED) is 0.731. The summed E-state index contributed by atoms with van der Waals surface area (Å²) in [5, 5.41) is 0. The first-order valence-electron chi connectivity index (χ1n) is 6.96. The summed E-state index contributed by atoms with van der Waals surface area (Å²) in [6.07, 6.45) is -0.0368. The summed E-state index contributed by atoms with van der Waals surface area (Å²) in [5.41, 5.74) is 1.89. The van der Waals surface area contributed by atoms with Gasteiger partial charge in [0.2, 0.25) is 0 Å². The Bertz CT molecular complexity index is 630. The van der Waals surface area contributed by atoms with Crippen molar-refractivity contribution in [3.05, 3.63) is 69.3 Å². The van der Waals surface area contributed by atoms with E-state index in [9.17, 15) is 4.79 Å². The van der Waals surface area contributed by atoms with Gasteiger partial charge in [-0.15, -0.1) is 0 Å². The number of rotatable bonds is 2. The smallest absolute Gasteiger partial charge is 0.255 e. The Morgan fingerprint density at radius 2 is 1.81 bits per heavy atom. The monoisotopic (exact) mass is 393 g/mol. The van der Waals surface area contributed by atoms with Crippen molar-refractivity contribution in [2.24, 2.45) is 0 Å². The van der Waals surface area contributed by atoms with Crippen molar-refractivity contribution in [2.45, 2.75) is 6.10 Å². The zero-order chi connectivity index (χ0) is 14.7. The van der Waals surface area contributed by atoms with E-state index < -0.39 is 0 Å². The second-order valence-corrected chi connectivity index (χ2v) is 6.16. The van der Waals surface area contributed by atoms with Crippen LogP contribution in [0.5, 0.6) is 0 Å². The van der Waals surface area contributed by atoms with E-state index in [1.807, 2.05) is 59.5 Å². The SMILES string of the molecule is O=C(c1ccccc1I)N1CCOC(c2ccccc2)C1. The van der Waals surface area contributed by atoms with Crippen LogP contribution in [-0.2, 0) is 4.74 Å². The highest BCUT2D eigenvalue weighted by Crippen LogP contribution is 2.24. The van der Waals surface area contributed by atoms with Gasteiger partial charge in [-0.3, -0.25) is 4.79 Å². The first kappa shape index (κ1) is 14.5. The van der Waals surface area contributed by atoms with Crippen LogP contribution < -0.4 is 0 Å². The maximum Gasteiger partial charge on any atom is 0.255 e. The third-order valence-electron chi connectivity index (χ3n) is 3.63. The normalized spacial score (nSPS) is 18.5. The lowest BCUT2D eigenvalue weighted by Crippen LogP contribution is -2.42. The van der Waals surface area contributed by atoms with Gasteiger partial charge in [-0.2, -0.15) is 0 Å². The predicted octanol–water partition coefficient (Wildman–Crippen LogP) is 3.50. The number of hydrogen-bond acceptors (Lipinski definition) is 2. The van der Waals surface area contributed by atoms with Gasteiger partial charge >= 0.3 is 0 Å². The Morgan fingerprint density at radius 1 is 1.10 bits per heavy atom. The van der Waals surface area contributed by atoms with Crippen molar-refractivity contribution < 1.29 is 9.53 Å². The third kappa shape index (κ3) is 3.27. The lowest BCUT2D eigenvalue weighted by Gasteiger charge is -2.33. The molecule has 2 aromatic carbocycles. The number of ether oxygens (including phenoxy) is 1. The van der Waals surface area contributed by atoms with E-state index in [2.05, 4.69) is 22.6 Å².